The van der Waals surface area contributed by atoms with Gasteiger partial charge in [0, 0.05) is 30.1 Å². The molecule has 2 rings (SSSR count). The van der Waals surface area contributed by atoms with Gasteiger partial charge in [0.2, 0.25) is 0 Å². The maximum Gasteiger partial charge on any atom is 0.335 e. The van der Waals surface area contributed by atoms with E-state index in [4.69, 9.17) is 9.47 Å². The van der Waals surface area contributed by atoms with Crippen molar-refractivity contribution in [1.82, 2.24) is 4.98 Å². The van der Waals surface area contributed by atoms with E-state index in [1.165, 1.54) is 10.9 Å². The summed E-state index contributed by atoms with van der Waals surface area (Å²) in [6.45, 7) is 6.61. The van der Waals surface area contributed by atoms with E-state index in [1.54, 1.807) is 6.92 Å². The second-order valence-electron chi connectivity index (χ2n) is 4.75. The molecule has 4 nitrogen and oxygen atoms in total. The Balaban J connectivity index is 2.18. The Bertz CT molecular complexity index is 588. The minimum Gasteiger partial charge on any atom is -0.464 e. The van der Waals surface area contributed by atoms with Crippen LogP contribution in [-0.2, 0) is 20.7 Å². The molecule has 0 aliphatic heterocycles. The molecule has 1 aromatic carbocycles. The topological polar surface area (TPSA) is 51.3 Å². The molecular weight excluding hydrogens is 254 g/mol. The molecule has 0 spiro atoms. The van der Waals surface area contributed by atoms with E-state index >= 15 is 0 Å². The highest BCUT2D eigenvalue weighted by molar-refractivity contribution is 5.84. The molecule has 0 aliphatic carbocycles. The van der Waals surface area contributed by atoms with E-state index in [0.717, 1.165) is 11.1 Å². The highest BCUT2D eigenvalue weighted by atomic mass is 16.6. The van der Waals surface area contributed by atoms with Gasteiger partial charge in [0.25, 0.3) is 0 Å². The number of ether oxygens (including phenoxy) is 2. The lowest BCUT2D eigenvalue weighted by Gasteiger charge is -2.15. The summed E-state index contributed by atoms with van der Waals surface area (Å²) in [6.07, 6.45) is 1.99. The molecule has 0 fully saturated rings. The monoisotopic (exact) mass is 275 g/mol. The zero-order chi connectivity index (χ0) is 14.5. The van der Waals surface area contributed by atoms with Gasteiger partial charge in [0.15, 0.2) is 6.10 Å². The van der Waals surface area contributed by atoms with Gasteiger partial charge in [-0.2, -0.15) is 0 Å². The first-order chi connectivity index (χ1) is 9.65. The number of aromatic nitrogens is 1. The minimum atomic E-state index is -0.531. The van der Waals surface area contributed by atoms with Gasteiger partial charge in [0.05, 0.1) is 6.61 Å². The second-order valence-corrected chi connectivity index (χ2v) is 4.75. The average molecular weight is 275 g/mol. The van der Waals surface area contributed by atoms with Crippen LogP contribution in [0.3, 0.4) is 0 Å². The highest BCUT2D eigenvalue weighted by Crippen LogP contribution is 2.20. The Morgan fingerprint density at radius 2 is 2.10 bits per heavy atom. The summed E-state index contributed by atoms with van der Waals surface area (Å²) in [4.78, 5) is 15.1. The number of carbonyl (C=O) groups is 1. The summed E-state index contributed by atoms with van der Waals surface area (Å²) in [5.74, 6) is -0.291. The number of hydrogen-bond donors (Lipinski definition) is 1. The van der Waals surface area contributed by atoms with Crippen molar-refractivity contribution in [2.75, 3.05) is 13.2 Å². The summed E-state index contributed by atoms with van der Waals surface area (Å²) in [7, 11) is 0. The van der Waals surface area contributed by atoms with Gasteiger partial charge in [-0.15, -0.1) is 0 Å². The van der Waals surface area contributed by atoms with Gasteiger partial charge in [-0.05, 0) is 44.0 Å². The molecule has 20 heavy (non-hydrogen) atoms. The molecule has 1 N–H and O–H groups in total. The maximum atomic E-state index is 11.9. The van der Waals surface area contributed by atoms with Gasteiger partial charge in [0.1, 0.15) is 0 Å². The number of hydrogen-bond acceptors (Lipinski definition) is 3. The van der Waals surface area contributed by atoms with Crippen molar-refractivity contribution in [3.05, 3.63) is 35.5 Å². The number of nitrogens with one attached hydrogen (secondary N) is 1. The number of esters is 1. The van der Waals surface area contributed by atoms with Crippen LogP contribution in [0.4, 0.5) is 0 Å². The standard InChI is InChI=1S/C16H21NO3/c1-4-19-15(16(18)20-5-2)9-12-6-7-14-13(8-12)11(3)10-17-14/h6-8,10,15,17H,4-5,9H2,1-3H3/t15-/m1/s1. The summed E-state index contributed by atoms with van der Waals surface area (Å²) >= 11 is 0. The van der Waals surface area contributed by atoms with E-state index in [0.29, 0.717) is 19.6 Å². The Kier molecular flexibility index (Phi) is 4.79. The fraction of sp³-hybridized carbons (Fsp3) is 0.438. The van der Waals surface area contributed by atoms with Crippen LogP contribution < -0.4 is 0 Å². The van der Waals surface area contributed by atoms with E-state index in [9.17, 15) is 4.79 Å². The number of benzene rings is 1. The zero-order valence-electron chi connectivity index (χ0n) is 12.2. The zero-order valence-corrected chi connectivity index (χ0v) is 12.2. The molecule has 2 aromatic rings. The van der Waals surface area contributed by atoms with Gasteiger partial charge >= 0.3 is 5.97 Å². The summed E-state index contributed by atoms with van der Waals surface area (Å²) in [5.41, 5.74) is 3.38. The van der Waals surface area contributed by atoms with Crippen molar-refractivity contribution in [2.45, 2.75) is 33.3 Å². The molecule has 0 radical (unpaired) electrons. The third kappa shape index (κ3) is 3.20. The van der Waals surface area contributed by atoms with Crippen LogP contribution in [0.15, 0.2) is 24.4 Å². The van der Waals surface area contributed by atoms with E-state index < -0.39 is 6.10 Å². The number of carbonyl (C=O) groups excluding carboxylic acids is 1. The van der Waals surface area contributed by atoms with Crippen LogP contribution in [-0.4, -0.2) is 30.3 Å². The molecular formula is C16H21NO3. The van der Waals surface area contributed by atoms with Gasteiger partial charge in [-0.25, -0.2) is 4.79 Å². The third-order valence-corrected chi connectivity index (χ3v) is 3.29. The first-order valence-corrected chi connectivity index (χ1v) is 7.00. The summed E-state index contributed by atoms with van der Waals surface area (Å²) in [5, 5.41) is 1.18. The van der Waals surface area contributed by atoms with Crippen molar-refractivity contribution in [2.24, 2.45) is 0 Å². The lowest BCUT2D eigenvalue weighted by Crippen LogP contribution is -2.28. The fourth-order valence-electron chi connectivity index (χ4n) is 2.30. The lowest BCUT2D eigenvalue weighted by molar-refractivity contribution is -0.156. The number of fused-ring (bicyclic) bond motifs is 1. The van der Waals surface area contributed by atoms with Crippen molar-refractivity contribution < 1.29 is 14.3 Å². The lowest BCUT2D eigenvalue weighted by atomic mass is 10.0. The van der Waals surface area contributed by atoms with Crippen LogP contribution in [0, 0.1) is 6.92 Å². The molecule has 0 amide bonds. The number of aryl methyl sites for hydroxylation is 1. The number of rotatable bonds is 6. The van der Waals surface area contributed by atoms with Crippen LogP contribution in [0.1, 0.15) is 25.0 Å². The predicted molar refractivity (Wildman–Crippen MR) is 78.8 cm³/mol. The first kappa shape index (κ1) is 14.6. The molecule has 1 heterocycles. The van der Waals surface area contributed by atoms with Crippen molar-refractivity contribution in [3.8, 4) is 0 Å². The molecule has 0 unspecified atom stereocenters. The van der Waals surface area contributed by atoms with Crippen LogP contribution in [0.5, 0.6) is 0 Å². The molecule has 108 valence electrons. The minimum absolute atomic E-state index is 0.291. The van der Waals surface area contributed by atoms with E-state index in [2.05, 4.69) is 18.0 Å². The largest absolute Gasteiger partial charge is 0.464 e. The summed E-state index contributed by atoms with van der Waals surface area (Å²) < 4.78 is 10.6. The molecule has 1 aromatic heterocycles. The van der Waals surface area contributed by atoms with Crippen LogP contribution in [0.2, 0.25) is 0 Å². The van der Waals surface area contributed by atoms with Gasteiger partial charge in [-0.1, -0.05) is 6.07 Å². The van der Waals surface area contributed by atoms with Crippen LogP contribution >= 0.6 is 0 Å². The van der Waals surface area contributed by atoms with Gasteiger partial charge < -0.3 is 14.5 Å². The fourth-order valence-corrected chi connectivity index (χ4v) is 2.30. The number of H-pyrrole nitrogens is 1. The normalized spacial score (nSPS) is 12.6. The summed E-state index contributed by atoms with van der Waals surface area (Å²) in [6, 6.07) is 6.15. The van der Waals surface area contributed by atoms with Crippen molar-refractivity contribution >= 4 is 16.9 Å². The van der Waals surface area contributed by atoms with Gasteiger partial charge in [-0.3, -0.25) is 0 Å². The molecule has 1 atom stereocenters. The highest BCUT2D eigenvalue weighted by Gasteiger charge is 2.20. The maximum absolute atomic E-state index is 11.9. The Morgan fingerprint density at radius 3 is 2.80 bits per heavy atom. The number of aromatic amines is 1. The van der Waals surface area contributed by atoms with Crippen molar-refractivity contribution in [1.29, 1.82) is 0 Å². The quantitative estimate of drug-likeness (QED) is 0.825. The Morgan fingerprint density at radius 1 is 1.30 bits per heavy atom. The van der Waals surface area contributed by atoms with E-state index in [1.807, 2.05) is 25.3 Å². The predicted octanol–water partition coefficient (Wildman–Crippen LogP) is 2.99. The second kappa shape index (κ2) is 6.57. The first-order valence-electron chi connectivity index (χ1n) is 7.00. The van der Waals surface area contributed by atoms with Crippen molar-refractivity contribution in [3.63, 3.8) is 0 Å². The smallest absolute Gasteiger partial charge is 0.335 e. The Labute approximate surface area is 119 Å². The molecule has 4 heteroatoms. The van der Waals surface area contributed by atoms with Crippen LogP contribution in [0.25, 0.3) is 10.9 Å². The molecule has 0 saturated carbocycles. The molecule has 0 aliphatic rings. The Hall–Kier alpha value is -1.81. The molecule has 0 bridgehead atoms. The SMILES string of the molecule is CCOC(=O)[C@@H](Cc1ccc2[nH]cc(C)c2c1)OCC. The molecule has 0 saturated heterocycles. The van der Waals surface area contributed by atoms with E-state index in [-0.39, 0.29) is 5.97 Å². The third-order valence-electron chi connectivity index (χ3n) is 3.29. The average Bonchev–Trinajstić information content (AvgIpc) is 2.80.